The molecular formula is C26H19Cl3F6N4O2. The van der Waals surface area contributed by atoms with Gasteiger partial charge in [0.05, 0.1) is 27.2 Å². The van der Waals surface area contributed by atoms with Gasteiger partial charge in [-0.1, -0.05) is 46.9 Å². The van der Waals surface area contributed by atoms with E-state index >= 15 is 0 Å². The number of urea groups is 1. The van der Waals surface area contributed by atoms with Gasteiger partial charge >= 0.3 is 18.4 Å². The maximum Gasteiger partial charge on any atom is 0.416 e. The monoisotopic (exact) mass is 638 g/mol. The number of nitrogens with zero attached hydrogens (tertiary/aromatic N) is 1. The zero-order valence-electron chi connectivity index (χ0n) is 20.5. The average molecular weight is 640 g/mol. The standard InChI is InChI=1S/C26H19Cl3F6N4O2/c27-17-2-1-3-19(10-17)39-11-18(12-39)36-24(41)38-22(13-4-5-20(28)21(29)8-13)37-23(40)14-6-15(25(30,31)32)9-16(7-14)26(33,34)35/h1-10,18,22H,11-12H2,(H,37,40)(H2,36,38,41). The van der Waals surface area contributed by atoms with Crippen LogP contribution in [0.2, 0.25) is 15.1 Å². The van der Waals surface area contributed by atoms with Gasteiger partial charge in [0, 0.05) is 29.4 Å². The second kappa shape index (κ2) is 11.9. The molecule has 3 N–H and O–H groups in total. The molecule has 0 aromatic heterocycles. The van der Waals surface area contributed by atoms with E-state index in [1.165, 1.54) is 18.2 Å². The van der Waals surface area contributed by atoms with Crippen molar-refractivity contribution in [2.75, 3.05) is 18.0 Å². The number of halogens is 9. The molecule has 1 unspecified atom stereocenters. The fourth-order valence-corrected chi connectivity index (χ4v) is 4.50. The minimum absolute atomic E-state index is 0.0280. The molecule has 0 aliphatic carbocycles. The number of amides is 3. The topological polar surface area (TPSA) is 73.5 Å². The van der Waals surface area contributed by atoms with Crippen molar-refractivity contribution in [3.63, 3.8) is 0 Å². The predicted octanol–water partition coefficient (Wildman–Crippen LogP) is 7.30. The van der Waals surface area contributed by atoms with Crippen molar-refractivity contribution in [2.45, 2.75) is 24.6 Å². The van der Waals surface area contributed by atoms with Crippen LogP contribution in [-0.2, 0) is 12.4 Å². The summed E-state index contributed by atoms with van der Waals surface area (Å²) in [6.07, 6.45) is -11.7. The summed E-state index contributed by atoms with van der Waals surface area (Å²) in [5, 5.41) is 8.13. The van der Waals surface area contributed by atoms with Gasteiger partial charge in [-0.3, -0.25) is 4.79 Å². The Morgan fingerprint density at radius 1 is 0.805 bits per heavy atom. The molecule has 3 aromatic carbocycles. The Bertz CT molecular complexity index is 1430. The maximum absolute atomic E-state index is 13.3. The lowest BCUT2D eigenvalue weighted by Crippen LogP contribution is -2.61. The number of carbonyl (C=O) groups is 2. The minimum Gasteiger partial charge on any atom is -0.367 e. The molecule has 3 aromatic rings. The van der Waals surface area contributed by atoms with Gasteiger partial charge in [0.15, 0.2) is 0 Å². The Kier molecular flexibility index (Phi) is 8.86. The smallest absolute Gasteiger partial charge is 0.367 e. The van der Waals surface area contributed by atoms with Crippen LogP contribution in [0.25, 0.3) is 0 Å². The van der Waals surface area contributed by atoms with Crippen molar-refractivity contribution in [1.82, 2.24) is 16.0 Å². The average Bonchev–Trinajstić information content (AvgIpc) is 2.85. The largest absolute Gasteiger partial charge is 0.416 e. The first-order valence-electron chi connectivity index (χ1n) is 11.7. The van der Waals surface area contributed by atoms with Gasteiger partial charge in [-0.15, -0.1) is 0 Å². The Balaban J connectivity index is 1.52. The van der Waals surface area contributed by atoms with Gasteiger partial charge < -0.3 is 20.9 Å². The maximum atomic E-state index is 13.3. The molecule has 0 radical (unpaired) electrons. The zero-order chi connectivity index (χ0) is 30.1. The van der Waals surface area contributed by atoms with Crippen LogP contribution < -0.4 is 20.9 Å². The molecule has 4 rings (SSSR count). The number of hydrogen-bond donors (Lipinski definition) is 3. The fraction of sp³-hybridized carbons (Fsp3) is 0.231. The van der Waals surface area contributed by atoms with E-state index in [0.29, 0.717) is 18.1 Å². The molecule has 1 aliphatic rings. The lowest BCUT2D eigenvalue weighted by molar-refractivity contribution is -0.143. The van der Waals surface area contributed by atoms with Crippen molar-refractivity contribution < 1.29 is 35.9 Å². The molecule has 1 saturated heterocycles. The molecular weight excluding hydrogens is 621 g/mol. The van der Waals surface area contributed by atoms with Crippen LogP contribution in [0.3, 0.4) is 0 Å². The number of alkyl halides is 6. The molecule has 0 bridgehead atoms. The van der Waals surface area contributed by atoms with Gasteiger partial charge in [-0.25, -0.2) is 4.79 Å². The molecule has 0 saturated carbocycles. The van der Waals surface area contributed by atoms with Crippen LogP contribution in [0.5, 0.6) is 0 Å². The highest BCUT2D eigenvalue weighted by Gasteiger charge is 2.38. The molecule has 0 spiro atoms. The summed E-state index contributed by atoms with van der Waals surface area (Å²) in [6.45, 7) is 0.865. The Morgan fingerprint density at radius 2 is 1.44 bits per heavy atom. The summed E-state index contributed by atoms with van der Waals surface area (Å²) in [5.74, 6) is -1.31. The van der Waals surface area contributed by atoms with Gasteiger partial charge in [0.1, 0.15) is 6.17 Å². The van der Waals surface area contributed by atoms with E-state index in [2.05, 4.69) is 16.0 Å². The van der Waals surface area contributed by atoms with Gasteiger partial charge in [-0.2, -0.15) is 26.3 Å². The first-order chi connectivity index (χ1) is 19.1. The molecule has 1 heterocycles. The number of anilines is 1. The van der Waals surface area contributed by atoms with E-state index in [1.54, 1.807) is 18.2 Å². The van der Waals surface area contributed by atoms with Crippen LogP contribution >= 0.6 is 34.8 Å². The highest BCUT2D eigenvalue weighted by Crippen LogP contribution is 2.36. The summed E-state index contributed by atoms with van der Waals surface area (Å²) < 4.78 is 79.8. The Hall–Kier alpha value is -3.35. The lowest BCUT2D eigenvalue weighted by Gasteiger charge is -2.41. The number of carbonyl (C=O) groups excluding carboxylic acids is 2. The molecule has 1 fully saturated rings. The van der Waals surface area contributed by atoms with Crippen LogP contribution in [0.15, 0.2) is 60.7 Å². The van der Waals surface area contributed by atoms with E-state index < -0.39 is 47.1 Å². The normalized spacial score (nSPS) is 14.7. The summed E-state index contributed by atoms with van der Waals surface area (Å²) >= 11 is 18.0. The summed E-state index contributed by atoms with van der Waals surface area (Å²) in [6, 6.07) is 10.5. The van der Waals surface area contributed by atoms with Crippen LogP contribution in [-0.4, -0.2) is 31.1 Å². The molecule has 3 amide bonds. The molecule has 15 heteroatoms. The summed E-state index contributed by atoms with van der Waals surface area (Å²) in [5.41, 5.74) is -3.25. The third-order valence-corrected chi connectivity index (χ3v) is 7.04. The van der Waals surface area contributed by atoms with Crippen LogP contribution in [0.4, 0.5) is 36.8 Å². The number of rotatable bonds is 6. The van der Waals surface area contributed by atoms with E-state index in [0.717, 1.165) is 5.69 Å². The number of hydrogen-bond acceptors (Lipinski definition) is 3. The van der Waals surface area contributed by atoms with Gasteiger partial charge in [0.25, 0.3) is 5.91 Å². The minimum atomic E-state index is -5.15. The van der Waals surface area contributed by atoms with Crippen LogP contribution in [0.1, 0.15) is 33.2 Å². The molecule has 218 valence electrons. The Labute approximate surface area is 244 Å². The lowest BCUT2D eigenvalue weighted by atomic mass is 10.0. The first-order valence-corrected chi connectivity index (χ1v) is 12.9. The van der Waals surface area contributed by atoms with Crippen molar-refractivity contribution in [1.29, 1.82) is 0 Å². The van der Waals surface area contributed by atoms with Crippen LogP contribution in [0, 0.1) is 0 Å². The van der Waals surface area contributed by atoms with E-state index in [-0.39, 0.29) is 39.8 Å². The summed E-state index contributed by atoms with van der Waals surface area (Å²) in [7, 11) is 0. The SMILES string of the molecule is O=C(NC1CN(c2cccc(Cl)c2)C1)NC(NC(=O)c1cc(C(F)(F)F)cc(C(F)(F)F)c1)c1ccc(Cl)c(Cl)c1. The highest BCUT2D eigenvalue weighted by atomic mass is 35.5. The van der Waals surface area contributed by atoms with E-state index in [1.807, 2.05) is 11.0 Å². The van der Waals surface area contributed by atoms with Gasteiger partial charge in [0.2, 0.25) is 0 Å². The molecule has 1 atom stereocenters. The van der Waals surface area contributed by atoms with Gasteiger partial charge in [-0.05, 0) is 54.1 Å². The number of nitrogens with one attached hydrogen (secondary N) is 3. The predicted molar refractivity (Wildman–Crippen MR) is 142 cm³/mol. The van der Waals surface area contributed by atoms with Crippen molar-refractivity contribution in [2.24, 2.45) is 0 Å². The quantitative estimate of drug-likeness (QED) is 0.196. The molecule has 1 aliphatic heterocycles. The van der Waals surface area contributed by atoms with E-state index in [9.17, 15) is 35.9 Å². The van der Waals surface area contributed by atoms with Crippen molar-refractivity contribution in [3.8, 4) is 0 Å². The van der Waals surface area contributed by atoms with E-state index in [4.69, 9.17) is 34.8 Å². The van der Waals surface area contributed by atoms with Crippen molar-refractivity contribution in [3.05, 3.63) is 98.0 Å². The first kappa shape index (κ1) is 30.6. The number of benzene rings is 3. The third-order valence-electron chi connectivity index (χ3n) is 6.07. The fourth-order valence-electron chi connectivity index (χ4n) is 4.01. The zero-order valence-corrected chi connectivity index (χ0v) is 22.8. The highest BCUT2D eigenvalue weighted by molar-refractivity contribution is 6.42. The third kappa shape index (κ3) is 7.69. The molecule has 6 nitrogen and oxygen atoms in total. The molecule has 41 heavy (non-hydrogen) atoms. The summed E-state index contributed by atoms with van der Waals surface area (Å²) in [4.78, 5) is 27.7. The van der Waals surface area contributed by atoms with Crippen molar-refractivity contribution >= 4 is 52.4 Å². The Morgan fingerprint density at radius 3 is 2.00 bits per heavy atom. The second-order valence-electron chi connectivity index (χ2n) is 9.07. The second-order valence-corrected chi connectivity index (χ2v) is 10.3.